The lowest BCUT2D eigenvalue weighted by molar-refractivity contribution is -0.121. The van der Waals surface area contributed by atoms with Gasteiger partial charge in [-0.15, -0.1) is 0 Å². The molecule has 2 aromatic rings. The van der Waals surface area contributed by atoms with Gasteiger partial charge in [-0.05, 0) is 55.7 Å². The van der Waals surface area contributed by atoms with Crippen LogP contribution in [-0.4, -0.2) is 28.3 Å². The predicted octanol–water partition coefficient (Wildman–Crippen LogP) is 5.19. The van der Waals surface area contributed by atoms with Gasteiger partial charge in [0.05, 0.1) is 11.5 Å². The lowest BCUT2D eigenvalue weighted by atomic mass is 10.1. The van der Waals surface area contributed by atoms with Crippen LogP contribution in [0.15, 0.2) is 47.4 Å². The SMILES string of the molecule is CCOc1cc(C=C2SC(=S)N(CC)C2=O)ccc1OCc1ccccc1C. The minimum Gasteiger partial charge on any atom is -0.490 e. The second-order valence-corrected chi connectivity index (χ2v) is 7.96. The highest BCUT2D eigenvalue weighted by molar-refractivity contribution is 8.26. The summed E-state index contributed by atoms with van der Waals surface area (Å²) in [6.07, 6.45) is 1.85. The molecule has 1 aliphatic rings. The second kappa shape index (κ2) is 9.26. The summed E-state index contributed by atoms with van der Waals surface area (Å²) in [7, 11) is 0. The molecule has 1 amide bonds. The van der Waals surface area contributed by atoms with Crippen molar-refractivity contribution >= 4 is 40.3 Å². The molecule has 1 fully saturated rings. The smallest absolute Gasteiger partial charge is 0.266 e. The number of aryl methyl sites for hydroxylation is 1. The zero-order valence-electron chi connectivity index (χ0n) is 16.2. The lowest BCUT2D eigenvalue weighted by Crippen LogP contribution is -2.27. The standard InChI is InChI=1S/C22H23NO3S2/c1-4-23-21(24)20(28-22(23)27)13-16-10-11-18(19(12-16)25-5-2)26-14-17-9-7-6-8-15(17)3/h6-13H,4-5,14H2,1-3H3. The van der Waals surface area contributed by atoms with Gasteiger partial charge in [0.1, 0.15) is 10.9 Å². The van der Waals surface area contributed by atoms with Gasteiger partial charge in [-0.3, -0.25) is 9.69 Å². The molecular weight excluding hydrogens is 390 g/mol. The van der Waals surface area contributed by atoms with E-state index in [9.17, 15) is 4.79 Å². The number of hydrogen-bond acceptors (Lipinski definition) is 5. The summed E-state index contributed by atoms with van der Waals surface area (Å²) in [5.74, 6) is 1.30. The fourth-order valence-corrected chi connectivity index (χ4v) is 4.24. The number of ether oxygens (including phenoxy) is 2. The molecule has 0 bridgehead atoms. The highest BCUT2D eigenvalue weighted by Crippen LogP contribution is 2.35. The maximum atomic E-state index is 12.4. The largest absolute Gasteiger partial charge is 0.490 e. The second-order valence-electron chi connectivity index (χ2n) is 6.28. The van der Waals surface area contributed by atoms with Crippen LogP contribution in [0.25, 0.3) is 6.08 Å². The third kappa shape index (κ3) is 4.56. The Kier molecular flexibility index (Phi) is 6.75. The van der Waals surface area contributed by atoms with Gasteiger partial charge in [0.25, 0.3) is 5.91 Å². The molecule has 0 saturated carbocycles. The number of hydrogen-bond donors (Lipinski definition) is 0. The van der Waals surface area contributed by atoms with Crippen LogP contribution in [-0.2, 0) is 11.4 Å². The van der Waals surface area contributed by atoms with Crippen molar-refractivity contribution in [3.63, 3.8) is 0 Å². The zero-order chi connectivity index (χ0) is 20.1. The number of thiocarbonyl (C=S) groups is 1. The van der Waals surface area contributed by atoms with Crippen LogP contribution >= 0.6 is 24.0 Å². The summed E-state index contributed by atoms with van der Waals surface area (Å²) in [5, 5.41) is 0. The highest BCUT2D eigenvalue weighted by atomic mass is 32.2. The average Bonchev–Trinajstić information content (AvgIpc) is 2.95. The highest BCUT2D eigenvalue weighted by Gasteiger charge is 2.30. The van der Waals surface area contributed by atoms with Crippen LogP contribution in [0.2, 0.25) is 0 Å². The molecule has 2 aromatic carbocycles. The van der Waals surface area contributed by atoms with Gasteiger partial charge >= 0.3 is 0 Å². The maximum absolute atomic E-state index is 12.4. The van der Waals surface area contributed by atoms with E-state index in [0.717, 1.165) is 11.1 Å². The Balaban J connectivity index is 1.81. The number of carbonyl (C=O) groups excluding carboxylic acids is 1. The fraction of sp³-hybridized carbons (Fsp3) is 0.273. The number of likely N-dealkylation sites (N-methyl/N-ethyl adjacent to an activating group) is 1. The summed E-state index contributed by atoms with van der Waals surface area (Å²) < 4.78 is 12.4. The van der Waals surface area contributed by atoms with E-state index in [0.29, 0.717) is 40.5 Å². The van der Waals surface area contributed by atoms with Crippen molar-refractivity contribution in [2.24, 2.45) is 0 Å². The average molecular weight is 414 g/mol. The molecule has 1 heterocycles. The van der Waals surface area contributed by atoms with E-state index in [1.807, 2.05) is 50.3 Å². The van der Waals surface area contributed by atoms with E-state index >= 15 is 0 Å². The van der Waals surface area contributed by atoms with Crippen LogP contribution in [0.1, 0.15) is 30.5 Å². The Labute approximate surface area is 175 Å². The van der Waals surface area contributed by atoms with Gasteiger partial charge in [0.15, 0.2) is 11.5 Å². The molecule has 1 aliphatic heterocycles. The monoisotopic (exact) mass is 413 g/mol. The molecule has 0 atom stereocenters. The Morgan fingerprint density at radius 3 is 2.57 bits per heavy atom. The van der Waals surface area contributed by atoms with E-state index in [-0.39, 0.29) is 5.91 Å². The number of nitrogens with zero attached hydrogens (tertiary/aromatic N) is 1. The molecule has 0 aromatic heterocycles. The molecular formula is C22H23NO3S2. The number of benzene rings is 2. The summed E-state index contributed by atoms with van der Waals surface area (Å²) in [4.78, 5) is 14.6. The van der Waals surface area contributed by atoms with Crippen LogP contribution in [0.3, 0.4) is 0 Å². The van der Waals surface area contributed by atoms with E-state index in [1.165, 1.54) is 17.3 Å². The Bertz CT molecular complexity index is 924. The van der Waals surface area contributed by atoms with Gasteiger partial charge < -0.3 is 9.47 Å². The topological polar surface area (TPSA) is 38.8 Å². The number of amides is 1. The van der Waals surface area contributed by atoms with Crippen LogP contribution < -0.4 is 9.47 Å². The molecule has 1 saturated heterocycles. The van der Waals surface area contributed by atoms with Gasteiger partial charge in [-0.1, -0.05) is 54.3 Å². The molecule has 146 valence electrons. The van der Waals surface area contributed by atoms with E-state index < -0.39 is 0 Å². The van der Waals surface area contributed by atoms with Crippen molar-refractivity contribution in [1.29, 1.82) is 0 Å². The third-order valence-corrected chi connectivity index (χ3v) is 5.78. The molecule has 0 unspecified atom stereocenters. The first kappa shape index (κ1) is 20.4. The first-order valence-electron chi connectivity index (χ1n) is 9.23. The minimum atomic E-state index is -0.0460. The summed E-state index contributed by atoms with van der Waals surface area (Å²) >= 11 is 6.60. The third-order valence-electron chi connectivity index (χ3n) is 4.40. The molecule has 0 aliphatic carbocycles. The summed E-state index contributed by atoms with van der Waals surface area (Å²) in [6.45, 7) is 7.50. The van der Waals surface area contributed by atoms with E-state index in [1.54, 1.807) is 4.90 Å². The summed E-state index contributed by atoms with van der Waals surface area (Å²) in [6, 6.07) is 13.8. The van der Waals surface area contributed by atoms with Crippen molar-refractivity contribution in [2.45, 2.75) is 27.4 Å². The van der Waals surface area contributed by atoms with E-state index in [2.05, 4.69) is 19.1 Å². The molecule has 0 N–H and O–H groups in total. The number of thioether (sulfide) groups is 1. The number of carbonyl (C=O) groups is 1. The van der Waals surface area contributed by atoms with Crippen LogP contribution in [0.5, 0.6) is 11.5 Å². The van der Waals surface area contributed by atoms with Crippen molar-refractivity contribution in [3.05, 3.63) is 64.1 Å². The molecule has 28 heavy (non-hydrogen) atoms. The molecule has 0 spiro atoms. The van der Waals surface area contributed by atoms with Gasteiger partial charge in [0, 0.05) is 6.54 Å². The van der Waals surface area contributed by atoms with Crippen molar-refractivity contribution in [2.75, 3.05) is 13.2 Å². The fourth-order valence-electron chi connectivity index (χ4n) is 2.85. The predicted molar refractivity (Wildman–Crippen MR) is 119 cm³/mol. The lowest BCUT2D eigenvalue weighted by Gasteiger charge is -2.14. The Morgan fingerprint density at radius 1 is 1.11 bits per heavy atom. The molecule has 4 nitrogen and oxygen atoms in total. The van der Waals surface area contributed by atoms with Crippen LogP contribution in [0, 0.1) is 6.92 Å². The van der Waals surface area contributed by atoms with E-state index in [4.69, 9.17) is 21.7 Å². The Morgan fingerprint density at radius 2 is 1.89 bits per heavy atom. The molecule has 0 radical (unpaired) electrons. The molecule has 6 heteroatoms. The van der Waals surface area contributed by atoms with Crippen molar-refractivity contribution < 1.29 is 14.3 Å². The maximum Gasteiger partial charge on any atom is 0.266 e. The molecule has 3 rings (SSSR count). The van der Waals surface area contributed by atoms with Gasteiger partial charge in [-0.2, -0.15) is 0 Å². The first-order chi connectivity index (χ1) is 13.5. The van der Waals surface area contributed by atoms with Gasteiger partial charge in [-0.25, -0.2) is 0 Å². The number of rotatable bonds is 7. The van der Waals surface area contributed by atoms with Crippen molar-refractivity contribution in [3.8, 4) is 11.5 Å². The normalized spacial score (nSPS) is 15.4. The van der Waals surface area contributed by atoms with Crippen molar-refractivity contribution in [1.82, 2.24) is 4.90 Å². The quantitative estimate of drug-likeness (QED) is 0.461. The first-order valence-corrected chi connectivity index (χ1v) is 10.5. The zero-order valence-corrected chi connectivity index (χ0v) is 17.9. The van der Waals surface area contributed by atoms with Crippen LogP contribution in [0.4, 0.5) is 0 Å². The van der Waals surface area contributed by atoms with Gasteiger partial charge in [0.2, 0.25) is 0 Å². The minimum absolute atomic E-state index is 0.0460. The summed E-state index contributed by atoms with van der Waals surface area (Å²) in [5.41, 5.74) is 3.20. The Hall–Kier alpha value is -2.31.